The molecule has 3 heteroatoms. The molecule has 48 valence electrons. The number of hydrogen-bond acceptors (Lipinski definition) is 2. The van der Waals surface area contributed by atoms with Gasteiger partial charge in [0.05, 0.1) is 0 Å². The van der Waals surface area contributed by atoms with Crippen LogP contribution in [0.5, 0.6) is 0 Å². The van der Waals surface area contributed by atoms with Crippen LogP contribution in [-0.2, 0) is 9.53 Å². The summed E-state index contributed by atoms with van der Waals surface area (Å²) in [5.74, 6) is 0. The topological polar surface area (TPSA) is 38.3 Å². The maximum Gasteiger partial charge on any atom is 0.209 e. The molecule has 0 saturated carbocycles. The average molecular weight is 117 g/mol. The first-order valence-electron chi connectivity index (χ1n) is 2.57. The summed E-state index contributed by atoms with van der Waals surface area (Å²) >= 11 is 0. The van der Waals surface area contributed by atoms with Crippen molar-refractivity contribution in [1.29, 1.82) is 0 Å². The highest BCUT2D eigenvalue weighted by molar-refractivity contribution is 5.46. The van der Waals surface area contributed by atoms with E-state index in [0.29, 0.717) is 6.41 Å². The van der Waals surface area contributed by atoms with Crippen molar-refractivity contribution in [2.45, 2.75) is 19.6 Å². The molecule has 0 aliphatic heterocycles. The molecule has 0 aromatic heterocycles. The predicted molar refractivity (Wildman–Crippen MR) is 30.3 cm³/mol. The number of hydrogen-bond donors (Lipinski definition) is 1. The van der Waals surface area contributed by atoms with Gasteiger partial charge >= 0.3 is 0 Å². The Balaban J connectivity index is 3.20. The van der Waals surface area contributed by atoms with Gasteiger partial charge in [0.1, 0.15) is 6.23 Å². The summed E-state index contributed by atoms with van der Waals surface area (Å²) < 4.78 is 4.80. The molecule has 0 radical (unpaired) electrons. The monoisotopic (exact) mass is 117 g/mol. The number of ether oxygens (including phenoxy) is 1. The molecule has 0 bridgehead atoms. The van der Waals surface area contributed by atoms with Crippen LogP contribution in [0.15, 0.2) is 0 Å². The van der Waals surface area contributed by atoms with Gasteiger partial charge in [-0.3, -0.25) is 4.79 Å². The second-order valence-electron chi connectivity index (χ2n) is 1.42. The average Bonchev–Trinajstić information content (AvgIpc) is 1.83. The molecule has 1 atom stereocenters. The third-order valence-corrected chi connectivity index (χ3v) is 0.909. The largest absolute Gasteiger partial charge is 0.362 e. The van der Waals surface area contributed by atoms with Crippen molar-refractivity contribution < 1.29 is 9.53 Å². The fourth-order valence-electron chi connectivity index (χ4n) is 0.428. The first-order valence-corrected chi connectivity index (χ1v) is 2.57. The molecular formula is C5H11NO2. The van der Waals surface area contributed by atoms with Crippen molar-refractivity contribution in [1.82, 2.24) is 5.32 Å². The molecule has 0 rings (SSSR count). The first-order chi connectivity index (χ1) is 3.85. The zero-order chi connectivity index (χ0) is 6.41. The minimum Gasteiger partial charge on any atom is -0.362 e. The Bertz CT molecular complexity index is 61.4. The molecule has 0 aliphatic rings. The Kier molecular flexibility index (Phi) is 4.26. The van der Waals surface area contributed by atoms with E-state index in [2.05, 4.69) is 5.32 Å². The lowest BCUT2D eigenvalue weighted by Gasteiger charge is -2.09. The van der Waals surface area contributed by atoms with E-state index in [4.69, 9.17) is 4.74 Å². The number of amides is 1. The van der Waals surface area contributed by atoms with E-state index in [1.807, 2.05) is 6.92 Å². The standard InChI is InChI=1S/C5H11NO2/c1-3-5(8-2)6-4-7/h4-5H,3H2,1-2H3,(H,6,7). The summed E-state index contributed by atoms with van der Waals surface area (Å²) in [6.07, 6.45) is 1.32. The van der Waals surface area contributed by atoms with Gasteiger partial charge in [-0.1, -0.05) is 6.92 Å². The number of rotatable bonds is 4. The molecule has 0 aromatic rings. The number of methoxy groups -OCH3 is 1. The molecule has 0 fully saturated rings. The van der Waals surface area contributed by atoms with Gasteiger partial charge in [-0.2, -0.15) is 0 Å². The predicted octanol–water partition coefficient (Wildman–Crippen LogP) is 0.115. The van der Waals surface area contributed by atoms with Crippen molar-refractivity contribution in [2.24, 2.45) is 0 Å². The maximum absolute atomic E-state index is 9.74. The van der Waals surface area contributed by atoms with Crippen molar-refractivity contribution in [3.63, 3.8) is 0 Å². The highest BCUT2D eigenvalue weighted by Crippen LogP contribution is 1.86. The fraction of sp³-hybridized carbons (Fsp3) is 0.800. The third-order valence-electron chi connectivity index (χ3n) is 0.909. The first kappa shape index (κ1) is 7.43. The summed E-state index contributed by atoms with van der Waals surface area (Å²) in [6, 6.07) is 0. The molecule has 8 heavy (non-hydrogen) atoms. The van der Waals surface area contributed by atoms with E-state index in [-0.39, 0.29) is 6.23 Å². The molecule has 0 spiro atoms. The summed E-state index contributed by atoms with van der Waals surface area (Å²) in [5.41, 5.74) is 0. The van der Waals surface area contributed by atoms with Gasteiger partial charge in [-0.25, -0.2) is 0 Å². The van der Waals surface area contributed by atoms with E-state index >= 15 is 0 Å². The molecule has 0 aliphatic carbocycles. The number of carbonyl (C=O) groups excluding carboxylic acids is 1. The number of carbonyl (C=O) groups is 1. The summed E-state index contributed by atoms with van der Waals surface area (Å²) in [6.45, 7) is 1.94. The van der Waals surface area contributed by atoms with Gasteiger partial charge in [-0.05, 0) is 6.42 Å². The summed E-state index contributed by atoms with van der Waals surface area (Å²) in [5, 5.41) is 2.48. The molecule has 1 unspecified atom stereocenters. The minimum atomic E-state index is -0.118. The Morgan fingerprint density at radius 1 is 1.88 bits per heavy atom. The van der Waals surface area contributed by atoms with Gasteiger partial charge in [0.2, 0.25) is 6.41 Å². The summed E-state index contributed by atoms with van der Waals surface area (Å²) in [7, 11) is 1.56. The highest BCUT2D eigenvalue weighted by atomic mass is 16.5. The van der Waals surface area contributed by atoms with Crippen molar-refractivity contribution in [3.05, 3.63) is 0 Å². The highest BCUT2D eigenvalue weighted by Gasteiger charge is 1.97. The smallest absolute Gasteiger partial charge is 0.209 e. The van der Waals surface area contributed by atoms with Crippen LogP contribution in [0.1, 0.15) is 13.3 Å². The van der Waals surface area contributed by atoms with Crippen LogP contribution in [0.3, 0.4) is 0 Å². The van der Waals surface area contributed by atoms with E-state index in [1.165, 1.54) is 0 Å². The van der Waals surface area contributed by atoms with Crippen LogP contribution in [0, 0.1) is 0 Å². The van der Waals surface area contributed by atoms with Gasteiger partial charge < -0.3 is 10.1 Å². The molecule has 3 nitrogen and oxygen atoms in total. The Hall–Kier alpha value is -0.570. The van der Waals surface area contributed by atoms with E-state index in [9.17, 15) is 4.79 Å². The second-order valence-corrected chi connectivity index (χ2v) is 1.42. The van der Waals surface area contributed by atoms with Gasteiger partial charge in [0, 0.05) is 7.11 Å². The fourth-order valence-corrected chi connectivity index (χ4v) is 0.428. The number of nitrogens with one attached hydrogen (secondary N) is 1. The van der Waals surface area contributed by atoms with Gasteiger partial charge in [0.15, 0.2) is 0 Å². The zero-order valence-corrected chi connectivity index (χ0v) is 5.18. The van der Waals surface area contributed by atoms with Crippen LogP contribution >= 0.6 is 0 Å². The lowest BCUT2D eigenvalue weighted by atomic mass is 10.4. The molecular weight excluding hydrogens is 106 g/mol. The molecule has 0 aromatic carbocycles. The van der Waals surface area contributed by atoms with E-state index in [1.54, 1.807) is 7.11 Å². The second kappa shape index (κ2) is 4.59. The van der Waals surface area contributed by atoms with E-state index < -0.39 is 0 Å². The lowest BCUT2D eigenvalue weighted by molar-refractivity contribution is -0.112. The zero-order valence-electron chi connectivity index (χ0n) is 5.18. The molecule has 0 saturated heterocycles. The van der Waals surface area contributed by atoms with Crippen molar-refractivity contribution in [3.8, 4) is 0 Å². The van der Waals surface area contributed by atoms with Crippen LogP contribution in [-0.4, -0.2) is 19.7 Å². The normalized spacial score (nSPS) is 12.8. The van der Waals surface area contributed by atoms with Gasteiger partial charge in [-0.15, -0.1) is 0 Å². The van der Waals surface area contributed by atoms with Crippen LogP contribution in [0.2, 0.25) is 0 Å². The van der Waals surface area contributed by atoms with Crippen molar-refractivity contribution in [2.75, 3.05) is 7.11 Å². The van der Waals surface area contributed by atoms with Crippen LogP contribution in [0.25, 0.3) is 0 Å². The van der Waals surface area contributed by atoms with E-state index in [0.717, 1.165) is 6.42 Å². The Morgan fingerprint density at radius 2 is 2.50 bits per heavy atom. The third kappa shape index (κ3) is 2.58. The molecule has 0 heterocycles. The van der Waals surface area contributed by atoms with Crippen molar-refractivity contribution >= 4 is 6.41 Å². The van der Waals surface area contributed by atoms with Gasteiger partial charge in [0.25, 0.3) is 0 Å². The maximum atomic E-state index is 9.74. The quantitative estimate of drug-likeness (QED) is 0.419. The lowest BCUT2D eigenvalue weighted by Crippen LogP contribution is -2.28. The Morgan fingerprint density at radius 3 is 2.62 bits per heavy atom. The minimum absolute atomic E-state index is 0.118. The van der Waals surface area contributed by atoms with Crippen LogP contribution < -0.4 is 5.32 Å². The van der Waals surface area contributed by atoms with Crippen LogP contribution in [0.4, 0.5) is 0 Å². The molecule has 1 amide bonds. The summed E-state index contributed by atoms with van der Waals surface area (Å²) in [4.78, 5) is 9.74. The SMILES string of the molecule is CCC(NC=O)OC. The molecule has 1 N–H and O–H groups in total. The Labute approximate surface area is 49.0 Å².